The number of imidazole rings is 1. The molecule has 0 spiro atoms. The first-order chi connectivity index (χ1) is 11.9. The Hall–Kier alpha value is -2.73. The zero-order valence-corrected chi connectivity index (χ0v) is 13.3. The number of pyridine rings is 1. The van der Waals surface area contributed by atoms with Gasteiger partial charge in [-0.1, -0.05) is 12.1 Å². The second-order valence-corrected chi connectivity index (χ2v) is 5.84. The van der Waals surface area contributed by atoms with Gasteiger partial charge < -0.3 is 9.67 Å². The van der Waals surface area contributed by atoms with Crippen LogP contribution in [-0.4, -0.2) is 36.0 Å². The van der Waals surface area contributed by atoms with E-state index >= 15 is 0 Å². The Morgan fingerprint density at radius 3 is 2.83 bits per heavy atom. The molecule has 3 heterocycles. The summed E-state index contributed by atoms with van der Waals surface area (Å²) in [6, 6.07) is 10.1. The van der Waals surface area contributed by atoms with Crippen molar-refractivity contribution in [3.63, 3.8) is 0 Å². The molecule has 0 fully saturated rings. The van der Waals surface area contributed by atoms with Gasteiger partial charge in [0.15, 0.2) is 0 Å². The molecule has 1 N–H and O–H groups in total. The zero-order valence-electron chi connectivity index (χ0n) is 13.3. The Labute approximate surface area is 139 Å². The van der Waals surface area contributed by atoms with Gasteiger partial charge in [0.25, 0.3) is 0 Å². The maximum Gasteiger partial charge on any atom is 0.131 e. The van der Waals surface area contributed by atoms with Crippen molar-refractivity contribution in [3.05, 3.63) is 54.7 Å². The van der Waals surface area contributed by atoms with Gasteiger partial charge in [-0.2, -0.15) is 5.10 Å². The molecular formula is C18H19N5O. The number of nitrogens with zero attached hydrogens (tertiary/aromatic N) is 5. The van der Waals surface area contributed by atoms with Gasteiger partial charge in [-0.25, -0.2) is 4.98 Å². The van der Waals surface area contributed by atoms with Crippen molar-refractivity contribution < 1.29 is 5.11 Å². The second-order valence-electron chi connectivity index (χ2n) is 5.84. The number of aryl methyl sites for hydroxylation is 1. The Balaban J connectivity index is 1.73. The average Bonchev–Trinajstić information content (AvgIpc) is 3.18. The summed E-state index contributed by atoms with van der Waals surface area (Å²) < 4.78 is 4.17. The van der Waals surface area contributed by atoms with Gasteiger partial charge in [0.2, 0.25) is 0 Å². The van der Waals surface area contributed by atoms with Crippen molar-refractivity contribution in [2.75, 3.05) is 6.61 Å². The number of hydrogen-bond acceptors (Lipinski definition) is 4. The smallest absolute Gasteiger partial charge is 0.131 e. The van der Waals surface area contributed by atoms with Crippen LogP contribution in [0.3, 0.4) is 0 Å². The van der Waals surface area contributed by atoms with Crippen molar-refractivity contribution in [1.82, 2.24) is 24.3 Å². The summed E-state index contributed by atoms with van der Waals surface area (Å²) >= 11 is 0. The third kappa shape index (κ3) is 2.65. The van der Waals surface area contributed by atoms with E-state index in [1.54, 1.807) is 6.20 Å². The SMILES string of the molecule is OCCCCn1c(Cn2ncc3ccncc32)nc2ccccc21. The molecule has 24 heavy (non-hydrogen) atoms. The largest absolute Gasteiger partial charge is 0.396 e. The molecule has 0 radical (unpaired) electrons. The lowest BCUT2D eigenvalue weighted by Gasteiger charge is -2.09. The van der Waals surface area contributed by atoms with Gasteiger partial charge in [0.1, 0.15) is 5.82 Å². The van der Waals surface area contributed by atoms with Crippen LogP contribution >= 0.6 is 0 Å². The molecular weight excluding hydrogens is 302 g/mol. The van der Waals surface area contributed by atoms with Crippen LogP contribution in [0.1, 0.15) is 18.7 Å². The number of aromatic nitrogens is 5. The Morgan fingerprint density at radius 2 is 1.92 bits per heavy atom. The lowest BCUT2D eigenvalue weighted by atomic mass is 10.3. The summed E-state index contributed by atoms with van der Waals surface area (Å²) in [7, 11) is 0. The summed E-state index contributed by atoms with van der Waals surface area (Å²) in [6.45, 7) is 1.66. The van der Waals surface area contributed by atoms with Gasteiger partial charge in [-0.05, 0) is 31.0 Å². The first-order valence-electron chi connectivity index (χ1n) is 8.17. The molecule has 0 aliphatic carbocycles. The Bertz CT molecular complexity index is 972. The van der Waals surface area contributed by atoms with Gasteiger partial charge >= 0.3 is 0 Å². The fourth-order valence-electron chi connectivity index (χ4n) is 3.05. The van der Waals surface area contributed by atoms with Crippen molar-refractivity contribution in [1.29, 1.82) is 0 Å². The summed E-state index contributed by atoms with van der Waals surface area (Å²) in [6.07, 6.45) is 7.18. The third-order valence-corrected chi connectivity index (χ3v) is 4.26. The summed E-state index contributed by atoms with van der Waals surface area (Å²) in [4.78, 5) is 8.99. The number of fused-ring (bicyclic) bond motifs is 2. The number of aliphatic hydroxyl groups excluding tert-OH is 1. The van der Waals surface area contributed by atoms with E-state index in [4.69, 9.17) is 10.1 Å². The zero-order chi connectivity index (χ0) is 16.4. The molecule has 122 valence electrons. The van der Waals surface area contributed by atoms with Crippen molar-refractivity contribution in [2.45, 2.75) is 25.9 Å². The van der Waals surface area contributed by atoms with Crippen LogP contribution in [0.5, 0.6) is 0 Å². The molecule has 6 heteroatoms. The molecule has 4 aromatic rings. The highest BCUT2D eigenvalue weighted by atomic mass is 16.2. The highest BCUT2D eigenvalue weighted by Gasteiger charge is 2.12. The van der Waals surface area contributed by atoms with Gasteiger partial charge in [0, 0.05) is 24.7 Å². The molecule has 0 unspecified atom stereocenters. The molecule has 4 rings (SSSR count). The minimum Gasteiger partial charge on any atom is -0.396 e. The Kier molecular flexibility index (Phi) is 3.96. The molecule has 0 aliphatic rings. The summed E-state index contributed by atoms with van der Waals surface area (Å²) in [5.74, 6) is 0.975. The minimum absolute atomic E-state index is 0.220. The summed E-state index contributed by atoms with van der Waals surface area (Å²) in [5, 5.41) is 14.6. The first kappa shape index (κ1) is 14.8. The van der Waals surface area contributed by atoms with Gasteiger partial charge in [-0.15, -0.1) is 0 Å². The molecule has 1 aromatic carbocycles. The average molecular weight is 321 g/mol. The van der Waals surface area contributed by atoms with Crippen LogP contribution in [0.25, 0.3) is 21.9 Å². The topological polar surface area (TPSA) is 68.8 Å². The molecule has 0 bridgehead atoms. The standard InChI is InChI=1S/C18H19N5O/c24-10-4-3-9-22-16-6-2-1-5-15(16)21-18(22)13-23-17-12-19-8-7-14(17)11-20-23/h1-2,5-8,11-12,24H,3-4,9-10,13H2. The van der Waals surface area contributed by atoms with Crippen LogP contribution in [0.4, 0.5) is 0 Å². The third-order valence-electron chi connectivity index (χ3n) is 4.26. The highest BCUT2D eigenvalue weighted by Crippen LogP contribution is 2.19. The van der Waals surface area contributed by atoms with E-state index in [1.165, 1.54) is 0 Å². The minimum atomic E-state index is 0.220. The van der Waals surface area contributed by atoms with E-state index < -0.39 is 0 Å². The maximum atomic E-state index is 9.06. The second kappa shape index (κ2) is 6.41. The van der Waals surface area contributed by atoms with Gasteiger partial charge in [-0.3, -0.25) is 9.67 Å². The summed E-state index contributed by atoms with van der Waals surface area (Å²) in [5.41, 5.74) is 3.12. The quantitative estimate of drug-likeness (QED) is 0.554. The lowest BCUT2D eigenvalue weighted by molar-refractivity contribution is 0.281. The number of unbranched alkanes of at least 4 members (excludes halogenated alkanes) is 1. The van der Waals surface area contributed by atoms with Crippen LogP contribution < -0.4 is 0 Å². The van der Waals surface area contributed by atoms with E-state index in [-0.39, 0.29) is 6.61 Å². The molecule has 0 atom stereocenters. The van der Waals surface area contributed by atoms with E-state index in [1.807, 2.05) is 41.3 Å². The monoisotopic (exact) mass is 321 g/mol. The predicted molar refractivity (Wildman–Crippen MR) is 92.7 cm³/mol. The molecule has 0 saturated heterocycles. The number of rotatable bonds is 6. The number of para-hydroxylation sites is 2. The Morgan fingerprint density at radius 1 is 1.00 bits per heavy atom. The van der Waals surface area contributed by atoms with E-state index in [0.29, 0.717) is 6.54 Å². The van der Waals surface area contributed by atoms with E-state index in [2.05, 4.69) is 20.7 Å². The van der Waals surface area contributed by atoms with Crippen molar-refractivity contribution >= 4 is 21.9 Å². The highest BCUT2D eigenvalue weighted by molar-refractivity contribution is 5.78. The fraction of sp³-hybridized carbons (Fsp3) is 0.278. The lowest BCUT2D eigenvalue weighted by Crippen LogP contribution is -2.10. The molecule has 0 saturated carbocycles. The predicted octanol–water partition coefficient (Wildman–Crippen LogP) is 2.60. The van der Waals surface area contributed by atoms with Crippen LogP contribution in [-0.2, 0) is 13.1 Å². The van der Waals surface area contributed by atoms with Crippen LogP contribution in [0, 0.1) is 0 Å². The molecule has 6 nitrogen and oxygen atoms in total. The van der Waals surface area contributed by atoms with Gasteiger partial charge in [0.05, 0.1) is 35.5 Å². The van der Waals surface area contributed by atoms with Crippen molar-refractivity contribution in [2.24, 2.45) is 0 Å². The molecule has 3 aromatic heterocycles. The molecule has 0 aliphatic heterocycles. The normalized spacial score (nSPS) is 11.5. The van der Waals surface area contributed by atoms with Crippen molar-refractivity contribution in [3.8, 4) is 0 Å². The first-order valence-corrected chi connectivity index (χ1v) is 8.17. The van der Waals surface area contributed by atoms with E-state index in [9.17, 15) is 0 Å². The van der Waals surface area contributed by atoms with E-state index in [0.717, 1.165) is 47.1 Å². The number of hydrogen-bond donors (Lipinski definition) is 1. The van der Waals surface area contributed by atoms with Crippen LogP contribution in [0.15, 0.2) is 48.9 Å². The molecule has 0 amide bonds. The maximum absolute atomic E-state index is 9.06. The number of aliphatic hydroxyl groups is 1. The number of benzene rings is 1. The van der Waals surface area contributed by atoms with Crippen LogP contribution in [0.2, 0.25) is 0 Å². The fourth-order valence-corrected chi connectivity index (χ4v) is 3.05.